The lowest BCUT2D eigenvalue weighted by molar-refractivity contribution is -0.937. The maximum atomic E-state index is 12.9. The number of methoxy groups -OCH3 is 2. The summed E-state index contributed by atoms with van der Waals surface area (Å²) in [7, 11) is 3.30. The molecule has 0 radical (unpaired) electrons. The first-order chi connectivity index (χ1) is 15.0. The van der Waals surface area contributed by atoms with Crippen molar-refractivity contribution >= 4 is 11.6 Å². The summed E-state index contributed by atoms with van der Waals surface area (Å²) in [6.07, 6.45) is 4.67. The molecule has 2 aromatic rings. The fraction of sp³-hybridized carbons (Fsp3) is 0.480. The summed E-state index contributed by atoms with van der Waals surface area (Å²) in [4.78, 5) is 14.1. The Morgan fingerprint density at radius 2 is 1.94 bits per heavy atom. The number of carbonyl (C=O) groups excluding carboxylic acids is 1. The summed E-state index contributed by atoms with van der Waals surface area (Å²) in [5, 5.41) is 14.5. The first-order valence-corrected chi connectivity index (χ1v) is 11.2. The Balaban J connectivity index is 1.64. The van der Waals surface area contributed by atoms with Gasteiger partial charge >= 0.3 is 0 Å². The van der Waals surface area contributed by atoms with Crippen LogP contribution >= 0.6 is 0 Å². The molecule has 1 amide bonds. The number of quaternary nitrogens is 1. The number of benzene rings is 2. The van der Waals surface area contributed by atoms with E-state index in [9.17, 15) is 9.90 Å². The number of hydrogen-bond acceptors (Lipinski definition) is 4. The number of likely N-dealkylation sites (tertiary alicyclic amines) is 1. The van der Waals surface area contributed by atoms with Gasteiger partial charge in [0.15, 0.2) is 6.54 Å². The molecule has 4 rings (SSSR count). The number of amides is 1. The van der Waals surface area contributed by atoms with Crippen molar-refractivity contribution in [3.8, 4) is 11.5 Å². The van der Waals surface area contributed by atoms with Gasteiger partial charge in [-0.15, -0.1) is 0 Å². The van der Waals surface area contributed by atoms with E-state index >= 15 is 0 Å². The summed E-state index contributed by atoms with van der Waals surface area (Å²) in [5.74, 6) is 1.57. The van der Waals surface area contributed by atoms with E-state index in [1.54, 1.807) is 14.2 Å². The van der Waals surface area contributed by atoms with Crippen molar-refractivity contribution in [2.24, 2.45) is 5.92 Å². The van der Waals surface area contributed by atoms with Crippen molar-refractivity contribution in [2.45, 2.75) is 43.7 Å². The number of ether oxygens (including phenoxy) is 2. The van der Waals surface area contributed by atoms with Crippen LogP contribution in [0.1, 0.15) is 43.7 Å². The molecule has 0 aromatic heterocycles. The first-order valence-electron chi connectivity index (χ1n) is 11.2. The van der Waals surface area contributed by atoms with Gasteiger partial charge in [-0.2, -0.15) is 0 Å². The molecule has 166 valence electrons. The van der Waals surface area contributed by atoms with Gasteiger partial charge in [-0.1, -0.05) is 31.0 Å². The maximum absolute atomic E-state index is 12.9. The molecule has 1 aliphatic heterocycles. The van der Waals surface area contributed by atoms with E-state index < -0.39 is 5.60 Å². The van der Waals surface area contributed by atoms with Crippen molar-refractivity contribution in [2.75, 3.05) is 32.6 Å². The van der Waals surface area contributed by atoms with Crippen LogP contribution in [0.4, 0.5) is 5.69 Å². The highest BCUT2D eigenvalue weighted by atomic mass is 16.5. The minimum absolute atomic E-state index is 0.0126. The van der Waals surface area contributed by atoms with Crippen molar-refractivity contribution in [3.05, 3.63) is 54.1 Å². The number of aliphatic hydroxyl groups is 1. The Morgan fingerprint density at radius 1 is 1.13 bits per heavy atom. The Morgan fingerprint density at radius 3 is 2.68 bits per heavy atom. The molecule has 1 aliphatic carbocycles. The van der Waals surface area contributed by atoms with Crippen molar-refractivity contribution in [1.29, 1.82) is 0 Å². The number of hydrogen-bond donors (Lipinski definition) is 3. The fourth-order valence-corrected chi connectivity index (χ4v) is 5.50. The molecular formula is C25H33N2O4+. The molecule has 1 unspecified atom stereocenters. The first kappa shape index (κ1) is 21.7. The molecule has 0 spiro atoms. The highest BCUT2D eigenvalue weighted by Crippen LogP contribution is 2.46. The summed E-state index contributed by atoms with van der Waals surface area (Å²) >= 11 is 0. The van der Waals surface area contributed by atoms with Crippen LogP contribution in [-0.4, -0.2) is 43.9 Å². The second-order valence-electron chi connectivity index (χ2n) is 8.79. The molecule has 2 fully saturated rings. The molecule has 4 atom stereocenters. The van der Waals surface area contributed by atoms with Crippen molar-refractivity contribution < 1.29 is 24.3 Å². The molecule has 1 saturated heterocycles. The van der Waals surface area contributed by atoms with Crippen LogP contribution in [0.15, 0.2) is 48.5 Å². The molecule has 0 bridgehead atoms. The van der Waals surface area contributed by atoms with E-state index in [-0.39, 0.29) is 17.9 Å². The highest BCUT2D eigenvalue weighted by Gasteiger charge is 2.52. The number of anilines is 1. The Bertz CT molecular complexity index is 904. The van der Waals surface area contributed by atoms with Gasteiger partial charge in [0.1, 0.15) is 17.5 Å². The molecule has 1 heterocycles. The van der Waals surface area contributed by atoms with Gasteiger partial charge < -0.3 is 24.8 Å². The average molecular weight is 426 g/mol. The lowest BCUT2D eigenvalue weighted by Gasteiger charge is -2.50. The van der Waals surface area contributed by atoms with Crippen LogP contribution in [-0.2, 0) is 4.79 Å². The van der Waals surface area contributed by atoms with Gasteiger partial charge in [0.2, 0.25) is 0 Å². The van der Waals surface area contributed by atoms with Crippen LogP contribution in [0.25, 0.3) is 0 Å². The SMILES string of the molecule is COc1ccc([C@@H]2[C@@H]3CCCC[C@@]3(O)CC[NH+]2CC(=O)Nc2ccccc2)c(OC)c1. The summed E-state index contributed by atoms with van der Waals surface area (Å²) in [6.45, 7) is 1.09. The minimum Gasteiger partial charge on any atom is -0.497 e. The van der Waals surface area contributed by atoms with Crippen LogP contribution < -0.4 is 19.7 Å². The Kier molecular flexibility index (Phi) is 6.49. The lowest BCUT2D eigenvalue weighted by Crippen LogP contribution is -3.16. The number of carbonyl (C=O) groups is 1. The maximum Gasteiger partial charge on any atom is 0.279 e. The quantitative estimate of drug-likeness (QED) is 0.665. The van der Waals surface area contributed by atoms with Gasteiger partial charge in [-0.25, -0.2) is 0 Å². The standard InChI is InChI=1S/C25H32N2O4/c1-30-19-11-12-20(22(16-19)31-2)24-21-10-6-7-13-25(21,29)14-15-27(24)17-23(28)26-18-8-4-3-5-9-18/h3-5,8-9,11-12,16,21,24,29H,6-7,10,13-15,17H2,1-2H3,(H,26,28)/p+1/t21-,24+,25+/m0/s1. The highest BCUT2D eigenvalue weighted by molar-refractivity contribution is 5.91. The average Bonchev–Trinajstić information content (AvgIpc) is 2.79. The van der Waals surface area contributed by atoms with Gasteiger partial charge in [-0.3, -0.25) is 4.79 Å². The number of nitrogens with one attached hydrogen (secondary N) is 2. The predicted octanol–water partition coefficient (Wildman–Crippen LogP) is 2.59. The second kappa shape index (κ2) is 9.28. The molecule has 1 saturated carbocycles. The zero-order valence-electron chi connectivity index (χ0n) is 18.4. The van der Waals surface area contributed by atoms with E-state index in [1.165, 1.54) is 4.90 Å². The largest absolute Gasteiger partial charge is 0.497 e. The zero-order valence-corrected chi connectivity index (χ0v) is 18.4. The van der Waals surface area contributed by atoms with Gasteiger partial charge in [-0.05, 0) is 37.1 Å². The van der Waals surface area contributed by atoms with E-state index in [0.29, 0.717) is 6.54 Å². The molecule has 6 nitrogen and oxygen atoms in total. The lowest BCUT2D eigenvalue weighted by atomic mass is 9.66. The summed E-state index contributed by atoms with van der Waals surface area (Å²) in [6, 6.07) is 15.4. The zero-order chi connectivity index (χ0) is 21.8. The minimum atomic E-state index is -0.673. The smallest absolute Gasteiger partial charge is 0.279 e. The number of piperidine rings is 1. The predicted molar refractivity (Wildman–Crippen MR) is 120 cm³/mol. The number of para-hydroxylation sites is 1. The Hall–Kier alpha value is -2.57. The van der Waals surface area contributed by atoms with E-state index in [0.717, 1.165) is 61.4 Å². The monoisotopic (exact) mass is 425 g/mol. The summed E-state index contributed by atoms with van der Waals surface area (Å²) < 4.78 is 11.1. The molecule has 3 N–H and O–H groups in total. The van der Waals surface area contributed by atoms with Crippen LogP contribution in [0.2, 0.25) is 0 Å². The van der Waals surface area contributed by atoms with Gasteiger partial charge in [0, 0.05) is 24.1 Å². The Labute approximate surface area is 184 Å². The third kappa shape index (κ3) is 4.55. The molecule has 2 aromatic carbocycles. The number of fused-ring (bicyclic) bond motifs is 1. The van der Waals surface area contributed by atoms with Crippen LogP contribution in [0.3, 0.4) is 0 Å². The van der Waals surface area contributed by atoms with Gasteiger partial charge in [0.25, 0.3) is 5.91 Å². The molecule has 6 heteroatoms. The second-order valence-corrected chi connectivity index (χ2v) is 8.79. The topological polar surface area (TPSA) is 72.2 Å². The summed E-state index contributed by atoms with van der Waals surface area (Å²) in [5.41, 5.74) is 1.17. The third-order valence-corrected chi connectivity index (χ3v) is 7.01. The van der Waals surface area contributed by atoms with E-state index in [4.69, 9.17) is 9.47 Å². The van der Waals surface area contributed by atoms with Crippen molar-refractivity contribution in [1.82, 2.24) is 0 Å². The van der Waals surface area contributed by atoms with Crippen LogP contribution in [0, 0.1) is 5.92 Å². The normalized spacial score (nSPS) is 27.8. The van der Waals surface area contributed by atoms with Crippen LogP contribution in [0.5, 0.6) is 11.5 Å². The van der Waals surface area contributed by atoms with Crippen molar-refractivity contribution in [3.63, 3.8) is 0 Å². The van der Waals surface area contributed by atoms with Gasteiger partial charge in [0.05, 0.1) is 31.9 Å². The molecule has 31 heavy (non-hydrogen) atoms. The molecular weight excluding hydrogens is 392 g/mol. The number of rotatable bonds is 6. The van der Waals surface area contributed by atoms with E-state index in [1.807, 2.05) is 48.5 Å². The third-order valence-electron chi connectivity index (χ3n) is 7.01. The molecule has 2 aliphatic rings. The fourth-order valence-electron chi connectivity index (χ4n) is 5.50. The van der Waals surface area contributed by atoms with E-state index in [2.05, 4.69) is 5.32 Å².